The largest absolute Gasteiger partial charge is 0.322 e. The predicted octanol–water partition coefficient (Wildman–Crippen LogP) is 3.05. The summed E-state index contributed by atoms with van der Waals surface area (Å²) in [5, 5.41) is 0. The van der Waals surface area contributed by atoms with Gasteiger partial charge in [-0.15, -0.1) is 0 Å². The van der Waals surface area contributed by atoms with Crippen LogP contribution in [0.5, 0.6) is 0 Å². The molecule has 0 aromatic carbocycles. The van der Waals surface area contributed by atoms with Crippen molar-refractivity contribution in [2.24, 2.45) is 5.92 Å². The van der Waals surface area contributed by atoms with Crippen molar-refractivity contribution in [3.63, 3.8) is 0 Å². The number of hydrogen-bond acceptors (Lipinski definition) is 2. The van der Waals surface area contributed by atoms with Gasteiger partial charge in [0.25, 0.3) is 5.56 Å². The van der Waals surface area contributed by atoms with Gasteiger partial charge in [0.1, 0.15) is 0 Å². The first-order valence-corrected chi connectivity index (χ1v) is 6.41. The van der Waals surface area contributed by atoms with Crippen molar-refractivity contribution in [2.75, 3.05) is 0 Å². The second-order valence-electron chi connectivity index (χ2n) is 4.66. The van der Waals surface area contributed by atoms with Crippen LogP contribution < -0.4 is 5.56 Å². The van der Waals surface area contributed by atoms with E-state index in [1.807, 2.05) is 10.8 Å². The summed E-state index contributed by atoms with van der Waals surface area (Å²) in [5.41, 5.74) is -0.114. The number of aromatic amines is 1. The quantitative estimate of drug-likeness (QED) is 0.804. The van der Waals surface area contributed by atoms with Gasteiger partial charge in [-0.05, 0) is 37.9 Å². The maximum Gasteiger partial charge on any atom is 0.251 e. The first kappa shape index (κ1) is 11.6. The molecule has 0 radical (unpaired) electrons. The Labute approximate surface area is 101 Å². The summed E-state index contributed by atoms with van der Waals surface area (Å²) >= 11 is 5.19. The first-order chi connectivity index (χ1) is 7.68. The Bertz CT molecular complexity index is 457. The fraction of sp³-hybridized carbons (Fsp3) is 0.667. The molecule has 4 heteroatoms. The second-order valence-corrected chi connectivity index (χ2v) is 5.04. The lowest BCUT2D eigenvalue weighted by Crippen LogP contribution is -2.22. The van der Waals surface area contributed by atoms with E-state index in [0.29, 0.717) is 16.7 Å². The van der Waals surface area contributed by atoms with Crippen molar-refractivity contribution in [1.29, 1.82) is 0 Å². The molecule has 16 heavy (non-hydrogen) atoms. The maximum atomic E-state index is 11.1. The molecule has 0 amide bonds. The van der Waals surface area contributed by atoms with E-state index in [4.69, 9.17) is 12.2 Å². The van der Waals surface area contributed by atoms with Gasteiger partial charge in [0.05, 0.1) is 0 Å². The predicted molar refractivity (Wildman–Crippen MR) is 67.2 cm³/mol. The summed E-state index contributed by atoms with van der Waals surface area (Å²) in [7, 11) is 0. The highest BCUT2D eigenvalue weighted by atomic mass is 32.1. The molecule has 1 heterocycles. The number of aromatic nitrogens is 2. The molecule has 0 aliphatic heterocycles. The molecule has 88 valence electrons. The van der Waals surface area contributed by atoms with Crippen LogP contribution in [0.25, 0.3) is 0 Å². The Hall–Kier alpha value is -0.900. The molecule has 2 rings (SSSR count). The molecular formula is C12H18N2OS. The SMILES string of the molecule is CC(C1CCCCC1)n1ccc(=O)[nH]c1=S. The van der Waals surface area contributed by atoms with Crippen molar-refractivity contribution in [3.05, 3.63) is 27.4 Å². The molecule has 1 aliphatic rings. The number of nitrogens with one attached hydrogen (secondary N) is 1. The van der Waals surface area contributed by atoms with E-state index >= 15 is 0 Å². The molecule has 3 nitrogen and oxygen atoms in total. The molecule has 1 N–H and O–H groups in total. The summed E-state index contributed by atoms with van der Waals surface area (Å²) in [6.07, 6.45) is 8.39. The molecule has 0 saturated heterocycles. The lowest BCUT2D eigenvalue weighted by molar-refractivity contribution is 0.260. The van der Waals surface area contributed by atoms with Crippen molar-refractivity contribution in [3.8, 4) is 0 Å². The van der Waals surface area contributed by atoms with Gasteiger partial charge in [-0.25, -0.2) is 0 Å². The molecule has 0 bridgehead atoms. The minimum Gasteiger partial charge on any atom is -0.322 e. The Morgan fingerprint density at radius 3 is 2.75 bits per heavy atom. The van der Waals surface area contributed by atoms with Gasteiger partial charge in [-0.3, -0.25) is 9.78 Å². The fourth-order valence-corrected chi connectivity index (χ4v) is 2.92. The summed E-state index contributed by atoms with van der Waals surface area (Å²) in [4.78, 5) is 13.8. The third-order valence-electron chi connectivity index (χ3n) is 3.62. The molecule has 1 fully saturated rings. The maximum absolute atomic E-state index is 11.1. The van der Waals surface area contributed by atoms with Crippen LogP contribution in [0.2, 0.25) is 0 Å². The summed E-state index contributed by atoms with van der Waals surface area (Å²) in [6.45, 7) is 2.20. The minimum absolute atomic E-state index is 0.114. The van der Waals surface area contributed by atoms with E-state index < -0.39 is 0 Å². The summed E-state index contributed by atoms with van der Waals surface area (Å²) in [6, 6.07) is 1.94. The standard InChI is InChI=1S/C12H18N2OS/c1-9(10-5-3-2-4-6-10)14-8-7-11(15)13-12(14)16/h7-10H,2-6H2,1H3,(H,13,15,16). The van der Waals surface area contributed by atoms with Crippen LogP contribution in [0.1, 0.15) is 45.1 Å². The van der Waals surface area contributed by atoms with Crippen LogP contribution in [0.4, 0.5) is 0 Å². The fourth-order valence-electron chi connectivity index (χ4n) is 2.59. The zero-order valence-electron chi connectivity index (χ0n) is 9.61. The lowest BCUT2D eigenvalue weighted by atomic mass is 9.84. The highest BCUT2D eigenvalue weighted by molar-refractivity contribution is 7.71. The van der Waals surface area contributed by atoms with Crippen LogP contribution in [-0.4, -0.2) is 9.55 Å². The van der Waals surface area contributed by atoms with Crippen LogP contribution in [0.15, 0.2) is 17.1 Å². The topological polar surface area (TPSA) is 37.8 Å². The van der Waals surface area contributed by atoms with Crippen molar-refractivity contribution < 1.29 is 0 Å². The monoisotopic (exact) mass is 238 g/mol. The third-order valence-corrected chi connectivity index (χ3v) is 3.93. The Morgan fingerprint density at radius 1 is 1.44 bits per heavy atom. The van der Waals surface area contributed by atoms with E-state index in [2.05, 4.69) is 11.9 Å². The van der Waals surface area contributed by atoms with E-state index in [1.165, 1.54) is 32.1 Å². The van der Waals surface area contributed by atoms with Crippen molar-refractivity contribution in [1.82, 2.24) is 9.55 Å². The van der Waals surface area contributed by atoms with Crippen LogP contribution in [0.3, 0.4) is 0 Å². The minimum atomic E-state index is -0.114. The van der Waals surface area contributed by atoms with Crippen LogP contribution in [-0.2, 0) is 0 Å². The zero-order chi connectivity index (χ0) is 11.5. The highest BCUT2D eigenvalue weighted by Crippen LogP contribution is 2.32. The smallest absolute Gasteiger partial charge is 0.251 e. The molecule has 1 aliphatic carbocycles. The average molecular weight is 238 g/mol. The van der Waals surface area contributed by atoms with Gasteiger partial charge >= 0.3 is 0 Å². The molecule has 0 spiro atoms. The Morgan fingerprint density at radius 2 is 2.12 bits per heavy atom. The lowest BCUT2D eigenvalue weighted by Gasteiger charge is -2.29. The second kappa shape index (κ2) is 4.95. The molecule has 1 atom stereocenters. The van der Waals surface area contributed by atoms with E-state index in [1.54, 1.807) is 6.07 Å². The molecule has 1 saturated carbocycles. The van der Waals surface area contributed by atoms with Crippen LogP contribution >= 0.6 is 12.2 Å². The van der Waals surface area contributed by atoms with Gasteiger partial charge in [0.2, 0.25) is 0 Å². The zero-order valence-corrected chi connectivity index (χ0v) is 10.4. The summed E-state index contributed by atoms with van der Waals surface area (Å²) < 4.78 is 2.57. The van der Waals surface area contributed by atoms with Gasteiger partial charge < -0.3 is 4.57 Å². The van der Waals surface area contributed by atoms with Gasteiger partial charge in [0, 0.05) is 18.3 Å². The first-order valence-electron chi connectivity index (χ1n) is 6.00. The average Bonchev–Trinajstić information content (AvgIpc) is 2.29. The van der Waals surface area contributed by atoms with Gasteiger partial charge in [0.15, 0.2) is 4.77 Å². The number of rotatable bonds is 2. The number of nitrogens with zero attached hydrogens (tertiary/aromatic N) is 1. The molecule has 1 unspecified atom stereocenters. The van der Waals surface area contributed by atoms with E-state index in [0.717, 1.165) is 0 Å². The number of hydrogen-bond donors (Lipinski definition) is 1. The molecule has 1 aromatic rings. The normalized spacial score (nSPS) is 19.6. The third kappa shape index (κ3) is 2.43. The van der Waals surface area contributed by atoms with Crippen molar-refractivity contribution >= 4 is 12.2 Å². The summed E-state index contributed by atoms with van der Waals surface area (Å²) in [5.74, 6) is 0.700. The molecule has 1 aromatic heterocycles. The van der Waals surface area contributed by atoms with E-state index in [-0.39, 0.29) is 5.56 Å². The number of H-pyrrole nitrogens is 1. The highest BCUT2D eigenvalue weighted by Gasteiger charge is 2.21. The van der Waals surface area contributed by atoms with Gasteiger partial charge in [-0.1, -0.05) is 19.3 Å². The van der Waals surface area contributed by atoms with Crippen molar-refractivity contribution in [2.45, 2.75) is 45.1 Å². The van der Waals surface area contributed by atoms with Crippen LogP contribution in [0, 0.1) is 10.7 Å². The van der Waals surface area contributed by atoms with Gasteiger partial charge in [-0.2, -0.15) is 0 Å². The molecular weight excluding hydrogens is 220 g/mol. The Balaban J connectivity index is 2.22. The Kier molecular flexibility index (Phi) is 3.59. The van der Waals surface area contributed by atoms with E-state index in [9.17, 15) is 4.79 Å².